The van der Waals surface area contributed by atoms with E-state index in [1.54, 1.807) is 23.5 Å². The van der Waals surface area contributed by atoms with Gasteiger partial charge in [0.1, 0.15) is 5.70 Å². The SMILES string of the molecule is O=C(N/C(=C\c1cccs1)C(=O)N1CCCCCC1)c1cccs1. The molecule has 24 heavy (non-hydrogen) atoms. The predicted octanol–water partition coefficient (Wildman–Crippen LogP) is 3.98. The first-order valence-electron chi connectivity index (χ1n) is 8.13. The summed E-state index contributed by atoms with van der Waals surface area (Å²) in [4.78, 5) is 28.8. The number of hydrogen-bond acceptors (Lipinski definition) is 4. The molecule has 1 N–H and O–H groups in total. The minimum Gasteiger partial charge on any atom is -0.337 e. The third kappa shape index (κ3) is 4.33. The third-order valence-corrected chi connectivity index (χ3v) is 5.63. The van der Waals surface area contributed by atoms with Crippen molar-refractivity contribution in [2.24, 2.45) is 0 Å². The molecule has 0 bridgehead atoms. The maximum absolute atomic E-state index is 12.9. The summed E-state index contributed by atoms with van der Waals surface area (Å²) in [5.74, 6) is -0.314. The topological polar surface area (TPSA) is 49.4 Å². The lowest BCUT2D eigenvalue weighted by Crippen LogP contribution is -2.38. The van der Waals surface area contributed by atoms with E-state index in [4.69, 9.17) is 0 Å². The van der Waals surface area contributed by atoms with Crippen LogP contribution >= 0.6 is 22.7 Å². The van der Waals surface area contributed by atoms with Gasteiger partial charge in [-0.2, -0.15) is 0 Å². The van der Waals surface area contributed by atoms with Crippen LogP contribution in [0.5, 0.6) is 0 Å². The Hall–Kier alpha value is -1.92. The molecule has 0 aliphatic carbocycles. The Morgan fingerprint density at radius 3 is 2.33 bits per heavy atom. The maximum atomic E-state index is 12.9. The van der Waals surface area contributed by atoms with Gasteiger partial charge in [-0.25, -0.2) is 0 Å². The standard InChI is InChI=1S/C18H20N2O2S2/c21-17(16-8-6-12-24-16)19-15(13-14-7-5-11-23-14)18(22)20-9-3-1-2-4-10-20/h5-8,11-13H,1-4,9-10H2,(H,19,21)/b15-13-. The molecule has 2 aromatic heterocycles. The second kappa shape index (κ2) is 8.26. The van der Waals surface area contributed by atoms with E-state index in [1.807, 2.05) is 33.9 Å². The van der Waals surface area contributed by atoms with Crippen molar-refractivity contribution in [3.05, 3.63) is 50.5 Å². The second-order valence-corrected chi connectivity index (χ2v) is 7.64. The number of nitrogens with one attached hydrogen (secondary N) is 1. The zero-order valence-electron chi connectivity index (χ0n) is 13.4. The van der Waals surface area contributed by atoms with Gasteiger partial charge < -0.3 is 10.2 Å². The quantitative estimate of drug-likeness (QED) is 0.839. The highest BCUT2D eigenvalue weighted by molar-refractivity contribution is 7.12. The lowest BCUT2D eigenvalue weighted by Gasteiger charge is -2.22. The minimum absolute atomic E-state index is 0.0878. The highest BCUT2D eigenvalue weighted by Crippen LogP contribution is 2.17. The Kier molecular flexibility index (Phi) is 5.82. The molecule has 1 aliphatic rings. The van der Waals surface area contributed by atoms with E-state index in [2.05, 4.69) is 5.32 Å². The van der Waals surface area contributed by atoms with Crippen LogP contribution in [0.3, 0.4) is 0 Å². The summed E-state index contributed by atoms with van der Waals surface area (Å²) in [6.07, 6.45) is 6.15. The van der Waals surface area contributed by atoms with E-state index in [0.29, 0.717) is 10.6 Å². The van der Waals surface area contributed by atoms with Crippen LogP contribution in [-0.4, -0.2) is 29.8 Å². The van der Waals surface area contributed by atoms with Gasteiger partial charge in [0.15, 0.2) is 0 Å². The largest absolute Gasteiger partial charge is 0.337 e. The highest BCUT2D eigenvalue weighted by atomic mass is 32.1. The Morgan fingerprint density at radius 1 is 1.00 bits per heavy atom. The van der Waals surface area contributed by atoms with Crippen LogP contribution < -0.4 is 5.32 Å². The fourth-order valence-electron chi connectivity index (χ4n) is 2.70. The lowest BCUT2D eigenvalue weighted by molar-refractivity contribution is -0.127. The van der Waals surface area contributed by atoms with Crippen LogP contribution in [0, 0.1) is 0 Å². The number of carbonyl (C=O) groups is 2. The molecular weight excluding hydrogens is 340 g/mol. The molecule has 0 unspecified atom stereocenters. The Morgan fingerprint density at radius 2 is 1.71 bits per heavy atom. The first kappa shape index (κ1) is 16.9. The molecule has 2 amide bonds. The number of amides is 2. The van der Waals surface area contributed by atoms with Crippen LogP contribution in [0.15, 0.2) is 40.7 Å². The fraction of sp³-hybridized carbons (Fsp3) is 0.333. The molecule has 0 atom stereocenters. The molecule has 0 aromatic carbocycles. The molecule has 4 nitrogen and oxygen atoms in total. The monoisotopic (exact) mass is 360 g/mol. The molecule has 3 rings (SSSR count). The summed E-state index contributed by atoms with van der Waals surface area (Å²) in [5, 5.41) is 6.64. The normalized spacial score (nSPS) is 15.8. The predicted molar refractivity (Wildman–Crippen MR) is 99.1 cm³/mol. The van der Waals surface area contributed by atoms with Gasteiger partial charge in [-0.15, -0.1) is 22.7 Å². The molecule has 0 spiro atoms. The molecule has 0 saturated carbocycles. The average molecular weight is 361 g/mol. The van der Waals surface area contributed by atoms with Gasteiger partial charge in [0.2, 0.25) is 0 Å². The van der Waals surface area contributed by atoms with Crippen LogP contribution in [-0.2, 0) is 4.79 Å². The van der Waals surface area contributed by atoms with Crippen molar-refractivity contribution in [1.82, 2.24) is 10.2 Å². The molecule has 126 valence electrons. The summed E-state index contributed by atoms with van der Waals surface area (Å²) in [5.41, 5.74) is 0.359. The van der Waals surface area contributed by atoms with Gasteiger partial charge in [-0.3, -0.25) is 9.59 Å². The van der Waals surface area contributed by atoms with Crippen molar-refractivity contribution in [3.63, 3.8) is 0 Å². The van der Waals surface area contributed by atoms with Crippen LogP contribution in [0.4, 0.5) is 0 Å². The summed E-state index contributed by atoms with van der Waals surface area (Å²) in [7, 11) is 0. The van der Waals surface area contributed by atoms with E-state index in [1.165, 1.54) is 11.3 Å². The molecule has 1 fully saturated rings. The molecular formula is C18H20N2O2S2. The van der Waals surface area contributed by atoms with Crippen molar-refractivity contribution in [2.45, 2.75) is 25.7 Å². The zero-order valence-corrected chi connectivity index (χ0v) is 15.0. The summed E-state index contributed by atoms with van der Waals surface area (Å²) in [6.45, 7) is 1.52. The molecule has 1 saturated heterocycles. The van der Waals surface area contributed by atoms with E-state index in [9.17, 15) is 9.59 Å². The smallest absolute Gasteiger partial charge is 0.270 e. The number of nitrogens with zero attached hydrogens (tertiary/aromatic N) is 1. The summed E-state index contributed by atoms with van der Waals surface area (Å²) >= 11 is 2.92. The van der Waals surface area contributed by atoms with E-state index < -0.39 is 0 Å². The summed E-state index contributed by atoms with van der Waals surface area (Å²) < 4.78 is 0. The Bertz CT molecular complexity index is 697. The van der Waals surface area contributed by atoms with Crippen LogP contribution in [0.2, 0.25) is 0 Å². The Balaban J connectivity index is 1.81. The average Bonchev–Trinajstić information content (AvgIpc) is 3.23. The van der Waals surface area contributed by atoms with E-state index in [0.717, 1.165) is 43.6 Å². The van der Waals surface area contributed by atoms with Crippen molar-refractivity contribution < 1.29 is 9.59 Å². The Labute approximate surface area is 149 Å². The zero-order chi connectivity index (χ0) is 16.8. The number of likely N-dealkylation sites (tertiary alicyclic amines) is 1. The molecule has 1 aliphatic heterocycles. The number of carbonyl (C=O) groups excluding carboxylic acids is 2. The molecule has 2 aromatic rings. The van der Waals surface area contributed by atoms with Crippen molar-refractivity contribution in [2.75, 3.05) is 13.1 Å². The first-order valence-corrected chi connectivity index (χ1v) is 9.89. The maximum Gasteiger partial charge on any atom is 0.270 e. The van der Waals surface area contributed by atoms with Crippen molar-refractivity contribution in [3.8, 4) is 0 Å². The fourth-order valence-corrected chi connectivity index (χ4v) is 3.98. The van der Waals surface area contributed by atoms with Crippen molar-refractivity contribution >= 4 is 40.6 Å². The van der Waals surface area contributed by atoms with E-state index in [-0.39, 0.29) is 11.8 Å². The highest BCUT2D eigenvalue weighted by Gasteiger charge is 2.22. The van der Waals surface area contributed by atoms with Gasteiger partial charge in [0.05, 0.1) is 4.88 Å². The molecule has 0 radical (unpaired) electrons. The second-order valence-electron chi connectivity index (χ2n) is 5.71. The molecule has 6 heteroatoms. The first-order chi connectivity index (χ1) is 11.7. The van der Waals surface area contributed by atoms with Crippen LogP contribution in [0.25, 0.3) is 6.08 Å². The minimum atomic E-state index is -0.226. The molecule has 3 heterocycles. The number of rotatable bonds is 4. The lowest BCUT2D eigenvalue weighted by atomic mass is 10.2. The van der Waals surface area contributed by atoms with Crippen molar-refractivity contribution in [1.29, 1.82) is 0 Å². The van der Waals surface area contributed by atoms with E-state index >= 15 is 0 Å². The van der Waals surface area contributed by atoms with Gasteiger partial charge in [0, 0.05) is 18.0 Å². The summed E-state index contributed by atoms with van der Waals surface area (Å²) in [6, 6.07) is 7.47. The van der Waals surface area contributed by atoms with Gasteiger partial charge in [-0.1, -0.05) is 25.0 Å². The van der Waals surface area contributed by atoms with Gasteiger partial charge in [0.25, 0.3) is 11.8 Å². The van der Waals surface area contributed by atoms with Gasteiger partial charge in [-0.05, 0) is 41.8 Å². The van der Waals surface area contributed by atoms with Crippen LogP contribution in [0.1, 0.15) is 40.2 Å². The number of thiophene rings is 2. The number of hydrogen-bond donors (Lipinski definition) is 1. The van der Waals surface area contributed by atoms with Gasteiger partial charge >= 0.3 is 0 Å². The third-order valence-electron chi connectivity index (χ3n) is 3.95.